The zero-order valence-corrected chi connectivity index (χ0v) is 11.0. The molecule has 0 bridgehead atoms. The largest absolute Gasteiger partial charge is 0.374 e. The molecule has 1 aromatic carbocycles. The van der Waals surface area contributed by atoms with Crippen molar-refractivity contribution in [2.45, 2.75) is 51.1 Å². The lowest BCUT2D eigenvalue weighted by atomic mass is 9.95. The molecule has 0 spiro atoms. The predicted molar refractivity (Wildman–Crippen MR) is 74.5 cm³/mol. The van der Waals surface area contributed by atoms with Gasteiger partial charge in [-0.05, 0) is 31.9 Å². The first-order valence-electron chi connectivity index (χ1n) is 6.87. The van der Waals surface area contributed by atoms with E-state index in [4.69, 9.17) is 0 Å². The molecule has 1 saturated carbocycles. The summed E-state index contributed by atoms with van der Waals surface area (Å²) in [6.45, 7) is 1.91. The quantitative estimate of drug-likeness (QED) is 0.857. The molecule has 98 valence electrons. The molecule has 0 aliphatic heterocycles. The number of anilines is 1. The van der Waals surface area contributed by atoms with Gasteiger partial charge in [-0.15, -0.1) is 0 Å². The van der Waals surface area contributed by atoms with Gasteiger partial charge >= 0.3 is 0 Å². The Balaban J connectivity index is 1.81. The highest BCUT2D eigenvalue weighted by Crippen LogP contribution is 2.17. The highest BCUT2D eigenvalue weighted by molar-refractivity contribution is 5.84. The van der Waals surface area contributed by atoms with E-state index in [0.29, 0.717) is 6.04 Å². The third-order valence-corrected chi connectivity index (χ3v) is 3.50. The van der Waals surface area contributed by atoms with Crippen molar-refractivity contribution in [3.8, 4) is 0 Å². The zero-order chi connectivity index (χ0) is 12.8. The Morgan fingerprint density at radius 2 is 1.83 bits per heavy atom. The molecular weight excluding hydrogens is 224 g/mol. The number of carbonyl (C=O) groups excluding carboxylic acids is 1. The van der Waals surface area contributed by atoms with Gasteiger partial charge in [0.25, 0.3) is 0 Å². The second-order valence-electron chi connectivity index (χ2n) is 5.08. The first kappa shape index (κ1) is 12.9. The molecule has 3 nitrogen and oxygen atoms in total. The number of carbonyl (C=O) groups is 1. The smallest absolute Gasteiger partial charge is 0.242 e. The predicted octanol–water partition coefficient (Wildman–Crippen LogP) is 2.94. The summed E-state index contributed by atoms with van der Waals surface area (Å²) in [6, 6.07) is 10.1. The lowest BCUT2D eigenvalue weighted by Gasteiger charge is -2.25. The van der Waals surface area contributed by atoms with Gasteiger partial charge in [0.1, 0.15) is 6.04 Å². The Morgan fingerprint density at radius 3 is 2.50 bits per heavy atom. The molecule has 18 heavy (non-hydrogen) atoms. The van der Waals surface area contributed by atoms with Crippen LogP contribution < -0.4 is 10.6 Å². The molecule has 1 atom stereocenters. The van der Waals surface area contributed by atoms with Crippen molar-refractivity contribution in [2.75, 3.05) is 5.32 Å². The molecule has 0 aromatic heterocycles. The van der Waals surface area contributed by atoms with E-state index < -0.39 is 0 Å². The van der Waals surface area contributed by atoms with Crippen LogP contribution in [0.5, 0.6) is 0 Å². The van der Waals surface area contributed by atoms with Gasteiger partial charge in [-0.2, -0.15) is 0 Å². The van der Waals surface area contributed by atoms with Crippen LogP contribution in [0.15, 0.2) is 30.3 Å². The van der Waals surface area contributed by atoms with Gasteiger partial charge < -0.3 is 10.6 Å². The number of para-hydroxylation sites is 1. The number of hydrogen-bond acceptors (Lipinski definition) is 2. The summed E-state index contributed by atoms with van der Waals surface area (Å²) in [5.41, 5.74) is 0.990. The Hall–Kier alpha value is -1.51. The minimum atomic E-state index is -0.186. The lowest BCUT2D eigenvalue weighted by molar-refractivity contribution is -0.122. The summed E-state index contributed by atoms with van der Waals surface area (Å²) >= 11 is 0. The van der Waals surface area contributed by atoms with E-state index in [2.05, 4.69) is 10.6 Å². The first-order valence-corrected chi connectivity index (χ1v) is 6.87. The summed E-state index contributed by atoms with van der Waals surface area (Å²) < 4.78 is 0. The summed E-state index contributed by atoms with van der Waals surface area (Å²) in [5, 5.41) is 6.36. The summed E-state index contributed by atoms with van der Waals surface area (Å²) in [5.74, 6) is 0.103. The van der Waals surface area contributed by atoms with Crippen molar-refractivity contribution < 1.29 is 4.79 Å². The fourth-order valence-corrected chi connectivity index (χ4v) is 2.42. The summed E-state index contributed by atoms with van der Waals surface area (Å²) in [6.07, 6.45) is 6.05. The minimum absolute atomic E-state index is 0.103. The van der Waals surface area contributed by atoms with Gasteiger partial charge in [0.05, 0.1) is 0 Å². The van der Waals surface area contributed by atoms with E-state index in [0.717, 1.165) is 18.5 Å². The number of hydrogen-bond donors (Lipinski definition) is 2. The van der Waals surface area contributed by atoms with Gasteiger partial charge in [-0.1, -0.05) is 37.5 Å². The molecule has 1 unspecified atom stereocenters. The van der Waals surface area contributed by atoms with Crippen LogP contribution >= 0.6 is 0 Å². The van der Waals surface area contributed by atoms with E-state index >= 15 is 0 Å². The fraction of sp³-hybridized carbons (Fsp3) is 0.533. The van der Waals surface area contributed by atoms with E-state index in [-0.39, 0.29) is 11.9 Å². The van der Waals surface area contributed by atoms with Crippen molar-refractivity contribution in [2.24, 2.45) is 0 Å². The number of nitrogens with one attached hydrogen (secondary N) is 2. The second kappa shape index (κ2) is 6.43. The SMILES string of the molecule is CC(Nc1ccccc1)C(=O)NC1CCCCC1. The minimum Gasteiger partial charge on any atom is -0.374 e. The van der Waals surface area contributed by atoms with Crippen molar-refractivity contribution in [3.05, 3.63) is 30.3 Å². The van der Waals surface area contributed by atoms with E-state index in [1.807, 2.05) is 37.3 Å². The molecule has 0 heterocycles. The number of benzene rings is 1. The monoisotopic (exact) mass is 246 g/mol. The molecule has 2 rings (SSSR count). The molecule has 1 amide bonds. The Kier molecular flexibility index (Phi) is 4.62. The first-order chi connectivity index (χ1) is 8.75. The van der Waals surface area contributed by atoms with Gasteiger partial charge in [0.2, 0.25) is 5.91 Å². The van der Waals surface area contributed by atoms with Gasteiger partial charge in [-0.3, -0.25) is 4.79 Å². The lowest BCUT2D eigenvalue weighted by Crippen LogP contribution is -2.43. The molecule has 1 aliphatic carbocycles. The van der Waals surface area contributed by atoms with E-state index in [9.17, 15) is 4.79 Å². The van der Waals surface area contributed by atoms with Crippen molar-refractivity contribution in [1.29, 1.82) is 0 Å². The zero-order valence-electron chi connectivity index (χ0n) is 11.0. The third-order valence-electron chi connectivity index (χ3n) is 3.50. The number of rotatable bonds is 4. The molecule has 2 N–H and O–H groups in total. The average Bonchev–Trinajstić information content (AvgIpc) is 2.41. The van der Waals surface area contributed by atoms with Crippen LogP contribution in [0, 0.1) is 0 Å². The summed E-state index contributed by atoms with van der Waals surface area (Å²) in [4.78, 5) is 12.0. The van der Waals surface area contributed by atoms with Crippen LogP contribution in [-0.2, 0) is 4.79 Å². The maximum atomic E-state index is 12.0. The fourth-order valence-electron chi connectivity index (χ4n) is 2.42. The van der Waals surface area contributed by atoms with Gasteiger partial charge in [0.15, 0.2) is 0 Å². The molecule has 3 heteroatoms. The second-order valence-corrected chi connectivity index (χ2v) is 5.08. The summed E-state index contributed by atoms with van der Waals surface area (Å²) in [7, 11) is 0. The van der Waals surface area contributed by atoms with E-state index in [1.165, 1.54) is 19.3 Å². The topological polar surface area (TPSA) is 41.1 Å². The van der Waals surface area contributed by atoms with E-state index in [1.54, 1.807) is 0 Å². The molecule has 1 fully saturated rings. The Labute approximate surface area is 109 Å². The van der Waals surface area contributed by atoms with Crippen LogP contribution in [0.25, 0.3) is 0 Å². The van der Waals surface area contributed by atoms with Gasteiger partial charge in [0, 0.05) is 11.7 Å². The van der Waals surface area contributed by atoms with Crippen LogP contribution in [0.1, 0.15) is 39.0 Å². The molecular formula is C15H22N2O. The maximum absolute atomic E-state index is 12.0. The van der Waals surface area contributed by atoms with Crippen LogP contribution in [0.4, 0.5) is 5.69 Å². The molecule has 1 aromatic rings. The van der Waals surface area contributed by atoms with Gasteiger partial charge in [-0.25, -0.2) is 0 Å². The highest BCUT2D eigenvalue weighted by Gasteiger charge is 2.19. The standard InChI is InChI=1S/C15H22N2O/c1-12(16-13-8-4-2-5-9-13)15(18)17-14-10-6-3-7-11-14/h2,4-5,8-9,12,14,16H,3,6-7,10-11H2,1H3,(H,17,18). The molecule has 0 radical (unpaired) electrons. The van der Waals surface area contributed by atoms with Crippen molar-refractivity contribution in [3.63, 3.8) is 0 Å². The Bertz CT molecular complexity index is 371. The van der Waals surface area contributed by atoms with Crippen molar-refractivity contribution >= 4 is 11.6 Å². The number of amides is 1. The third kappa shape index (κ3) is 3.76. The molecule has 0 saturated heterocycles. The normalized spacial score (nSPS) is 18.1. The molecule has 1 aliphatic rings. The highest BCUT2D eigenvalue weighted by atomic mass is 16.2. The van der Waals surface area contributed by atoms with Crippen LogP contribution in [0.3, 0.4) is 0 Å². The average molecular weight is 246 g/mol. The Morgan fingerprint density at radius 1 is 1.17 bits per heavy atom. The van der Waals surface area contributed by atoms with Crippen LogP contribution in [0.2, 0.25) is 0 Å². The van der Waals surface area contributed by atoms with Crippen molar-refractivity contribution in [1.82, 2.24) is 5.32 Å². The van der Waals surface area contributed by atoms with Crippen LogP contribution in [-0.4, -0.2) is 18.0 Å². The maximum Gasteiger partial charge on any atom is 0.242 e.